The summed E-state index contributed by atoms with van der Waals surface area (Å²) in [5.41, 5.74) is 2.20. The van der Waals surface area contributed by atoms with E-state index in [0.29, 0.717) is 16.3 Å². The monoisotopic (exact) mass is 259 g/mol. The first-order valence-electron chi connectivity index (χ1n) is 5.53. The van der Waals surface area contributed by atoms with Crippen LogP contribution in [-0.4, -0.2) is 10.8 Å². The van der Waals surface area contributed by atoms with Crippen LogP contribution in [0.3, 0.4) is 0 Å². The largest absolute Gasteiger partial charge is 0.461 e. The average molecular weight is 260 g/mol. The highest BCUT2D eigenvalue weighted by molar-refractivity contribution is 6.37. The smallest absolute Gasteiger partial charge is 0.230 e. The van der Waals surface area contributed by atoms with Crippen molar-refractivity contribution in [2.24, 2.45) is 0 Å². The number of ketones is 1. The van der Waals surface area contributed by atoms with Crippen molar-refractivity contribution in [2.75, 3.05) is 0 Å². The van der Waals surface area contributed by atoms with Crippen LogP contribution in [0.5, 0.6) is 0 Å². The molecule has 1 N–H and O–H groups in total. The Kier molecular flexibility index (Phi) is 2.49. The van der Waals surface area contributed by atoms with Crippen molar-refractivity contribution in [2.45, 2.75) is 6.92 Å². The number of furan rings is 1. The van der Waals surface area contributed by atoms with E-state index in [1.54, 1.807) is 18.3 Å². The van der Waals surface area contributed by atoms with Gasteiger partial charge in [0.2, 0.25) is 5.78 Å². The van der Waals surface area contributed by atoms with Gasteiger partial charge in [-0.1, -0.05) is 17.7 Å². The number of carbonyl (C=O) groups is 1. The van der Waals surface area contributed by atoms with Gasteiger partial charge in [0, 0.05) is 17.1 Å². The fourth-order valence-corrected chi connectivity index (χ4v) is 2.32. The van der Waals surface area contributed by atoms with E-state index >= 15 is 0 Å². The van der Waals surface area contributed by atoms with Crippen molar-refractivity contribution in [1.29, 1.82) is 0 Å². The number of hydrogen-bond acceptors (Lipinski definition) is 2. The Morgan fingerprint density at radius 1 is 1.33 bits per heavy atom. The van der Waals surface area contributed by atoms with Crippen LogP contribution in [0.2, 0.25) is 5.02 Å². The molecule has 4 heteroatoms. The standard InChI is InChI=1S/C14H10ClNO2/c1-8-5-6-18-14(8)13(17)9-7-16-11-4-2-3-10(15)12(9)11/h2-7,16H,1H3. The number of H-pyrrole nitrogens is 1. The quantitative estimate of drug-likeness (QED) is 0.708. The molecule has 3 aromatic rings. The van der Waals surface area contributed by atoms with Gasteiger partial charge < -0.3 is 9.40 Å². The summed E-state index contributed by atoms with van der Waals surface area (Å²) in [6.07, 6.45) is 3.18. The topological polar surface area (TPSA) is 46.0 Å². The normalized spacial score (nSPS) is 11.0. The Bertz CT molecular complexity index is 739. The first-order valence-corrected chi connectivity index (χ1v) is 5.90. The second-order valence-corrected chi connectivity index (χ2v) is 4.53. The van der Waals surface area contributed by atoms with Gasteiger partial charge in [0.05, 0.1) is 16.8 Å². The summed E-state index contributed by atoms with van der Waals surface area (Å²) in [7, 11) is 0. The second-order valence-electron chi connectivity index (χ2n) is 4.13. The molecular weight excluding hydrogens is 250 g/mol. The maximum atomic E-state index is 12.4. The number of aryl methyl sites for hydroxylation is 1. The van der Waals surface area contributed by atoms with E-state index in [2.05, 4.69) is 4.98 Å². The zero-order valence-corrected chi connectivity index (χ0v) is 10.4. The molecular formula is C14H10ClNO2. The molecule has 0 aliphatic heterocycles. The van der Waals surface area contributed by atoms with E-state index in [4.69, 9.17) is 16.0 Å². The maximum Gasteiger partial charge on any atom is 0.230 e. The molecule has 0 radical (unpaired) electrons. The molecule has 0 spiro atoms. The van der Waals surface area contributed by atoms with Gasteiger partial charge in [0.1, 0.15) is 0 Å². The summed E-state index contributed by atoms with van der Waals surface area (Å²) < 4.78 is 5.23. The number of rotatable bonds is 2. The highest BCUT2D eigenvalue weighted by Crippen LogP contribution is 2.28. The second kappa shape index (κ2) is 4.03. The summed E-state index contributed by atoms with van der Waals surface area (Å²) in [6.45, 7) is 1.84. The number of benzene rings is 1. The van der Waals surface area contributed by atoms with E-state index < -0.39 is 0 Å². The fourth-order valence-electron chi connectivity index (χ4n) is 2.05. The van der Waals surface area contributed by atoms with Crippen LogP contribution >= 0.6 is 11.6 Å². The molecule has 0 aliphatic carbocycles. The number of hydrogen-bond donors (Lipinski definition) is 1. The zero-order valence-electron chi connectivity index (χ0n) is 9.66. The number of aromatic amines is 1. The minimum atomic E-state index is -0.156. The lowest BCUT2D eigenvalue weighted by Gasteiger charge is -1.99. The summed E-state index contributed by atoms with van der Waals surface area (Å²) >= 11 is 6.15. The van der Waals surface area contributed by atoms with Crippen LogP contribution in [0.15, 0.2) is 41.1 Å². The van der Waals surface area contributed by atoms with Crippen molar-refractivity contribution in [3.63, 3.8) is 0 Å². The number of halogens is 1. The molecule has 2 aromatic heterocycles. The van der Waals surface area contributed by atoms with Crippen LogP contribution in [0, 0.1) is 6.92 Å². The molecule has 0 saturated heterocycles. The fraction of sp³-hybridized carbons (Fsp3) is 0.0714. The van der Waals surface area contributed by atoms with Gasteiger partial charge >= 0.3 is 0 Å². The van der Waals surface area contributed by atoms with E-state index in [-0.39, 0.29) is 5.78 Å². The lowest BCUT2D eigenvalue weighted by Crippen LogP contribution is -2.00. The molecule has 2 heterocycles. The van der Waals surface area contributed by atoms with E-state index in [0.717, 1.165) is 16.5 Å². The molecule has 0 aliphatic rings. The van der Waals surface area contributed by atoms with E-state index in [1.165, 1.54) is 6.26 Å². The van der Waals surface area contributed by atoms with Crippen molar-refractivity contribution < 1.29 is 9.21 Å². The van der Waals surface area contributed by atoms with Crippen molar-refractivity contribution in [1.82, 2.24) is 4.98 Å². The van der Waals surface area contributed by atoms with Gasteiger partial charge in [-0.3, -0.25) is 4.79 Å². The Balaban J connectivity index is 2.22. The van der Waals surface area contributed by atoms with Crippen LogP contribution in [-0.2, 0) is 0 Å². The Morgan fingerprint density at radius 3 is 2.89 bits per heavy atom. The number of nitrogens with one attached hydrogen (secondary N) is 1. The Morgan fingerprint density at radius 2 is 2.17 bits per heavy atom. The molecule has 0 bridgehead atoms. The molecule has 3 nitrogen and oxygen atoms in total. The molecule has 3 rings (SSSR count). The lowest BCUT2D eigenvalue weighted by atomic mass is 10.1. The summed E-state index contributed by atoms with van der Waals surface area (Å²) in [5.74, 6) is 0.202. The highest BCUT2D eigenvalue weighted by Gasteiger charge is 2.20. The molecule has 0 saturated carbocycles. The number of aromatic nitrogens is 1. The molecule has 18 heavy (non-hydrogen) atoms. The average Bonchev–Trinajstić information content (AvgIpc) is 2.95. The Labute approximate surface area is 108 Å². The van der Waals surface area contributed by atoms with E-state index in [9.17, 15) is 4.79 Å². The van der Waals surface area contributed by atoms with Gasteiger partial charge in [-0.15, -0.1) is 0 Å². The van der Waals surface area contributed by atoms with Crippen LogP contribution in [0.1, 0.15) is 21.7 Å². The minimum absolute atomic E-state index is 0.156. The molecule has 0 fully saturated rings. The summed E-state index contributed by atoms with van der Waals surface area (Å²) in [4.78, 5) is 15.4. The SMILES string of the molecule is Cc1ccoc1C(=O)c1c[nH]c2cccc(Cl)c12. The highest BCUT2D eigenvalue weighted by atomic mass is 35.5. The zero-order chi connectivity index (χ0) is 12.7. The lowest BCUT2D eigenvalue weighted by molar-refractivity contribution is 0.101. The van der Waals surface area contributed by atoms with Gasteiger partial charge in [-0.2, -0.15) is 0 Å². The minimum Gasteiger partial charge on any atom is -0.461 e. The molecule has 90 valence electrons. The number of carbonyl (C=O) groups excluding carboxylic acids is 1. The summed E-state index contributed by atoms with van der Waals surface area (Å²) in [5, 5.41) is 1.29. The van der Waals surface area contributed by atoms with Crippen molar-refractivity contribution >= 4 is 28.3 Å². The van der Waals surface area contributed by atoms with E-state index in [1.807, 2.05) is 19.1 Å². The van der Waals surface area contributed by atoms with Crippen LogP contribution in [0.4, 0.5) is 0 Å². The number of fused-ring (bicyclic) bond motifs is 1. The molecule has 0 unspecified atom stereocenters. The maximum absolute atomic E-state index is 12.4. The molecule has 0 atom stereocenters. The van der Waals surface area contributed by atoms with Gasteiger partial charge in [0.15, 0.2) is 5.76 Å². The Hall–Kier alpha value is -2.00. The predicted octanol–water partition coefficient (Wildman–Crippen LogP) is 3.95. The summed E-state index contributed by atoms with van der Waals surface area (Å²) in [6, 6.07) is 7.26. The third-order valence-corrected chi connectivity index (χ3v) is 3.28. The van der Waals surface area contributed by atoms with Crippen LogP contribution < -0.4 is 0 Å². The van der Waals surface area contributed by atoms with Gasteiger partial charge in [-0.05, 0) is 30.7 Å². The van der Waals surface area contributed by atoms with Crippen molar-refractivity contribution in [3.05, 3.63) is 58.6 Å². The van der Waals surface area contributed by atoms with Gasteiger partial charge in [-0.25, -0.2) is 0 Å². The predicted molar refractivity (Wildman–Crippen MR) is 70.2 cm³/mol. The van der Waals surface area contributed by atoms with Gasteiger partial charge in [0.25, 0.3) is 0 Å². The first-order chi connectivity index (χ1) is 8.68. The molecule has 1 aromatic carbocycles. The third kappa shape index (κ3) is 1.56. The molecule has 0 amide bonds. The third-order valence-electron chi connectivity index (χ3n) is 2.97. The first kappa shape index (κ1) is 11.1. The van der Waals surface area contributed by atoms with Crippen LogP contribution in [0.25, 0.3) is 10.9 Å². The van der Waals surface area contributed by atoms with Crippen molar-refractivity contribution in [3.8, 4) is 0 Å².